The van der Waals surface area contributed by atoms with E-state index in [-0.39, 0.29) is 48.8 Å². The fraction of sp³-hybridized carbons (Fsp3) is 0.593. The largest absolute Gasteiger partial charge is 0.321 e. The standard InChI is InChI=1S/C27H44N4O4.ClH/c1-17(2)14-21(25(33)30-29)23(26(34)31-35)27(16-19(5)6,24(32)22(28)15-18(3)4)13-12-20-10-8-7-9-11-20;/h7-13,17-19,21-23,35H,14-16,28-29H2,1-6H3,(H,30,33)(H,31,34);1H/b13-12+;/t21-,22+,23-,27?;/m1./s1. The second-order valence-corrected chi connectivity index (χ2v) is 10.7. The minimum atomic E-state index is -1.46. The smallest absolute Gasteiger partial charge is 0.248 e. The van der Waals surface area contributed by atoms with Crippen molar-refractivity contribution in [1.29, 1.82) is 0 Å². The van der Waals surface area contributed by atoms with Gasteiger partial charge < -0.3 is 5.73 Å². The van der Waals surface area contributed by atoms with Crippen LogP contribution in [0.5, 0.6) is 0 Å². The number of Topliss-reactive ketones (excluding diaryl/α,β-unsaturated/α-hetero) is 1. The molecule has 0 fully saturated rings. The summed E-state index contributed by atoms with van der Waals surface area (Å²) in [7, 11) is 0. The predicted octanol–water partition coefficient (Wildman–Crippen LogP) is 3.87. The zero-order valence-electron chi connectivity index (χ0n) is 22.4. The molecule has 0 heterocycles. The lowest BCUT2D eigenvalue weighted by Gasteiger charge is -2.42. The van der Waals surface area contributed by atoms with Crippen molar-refractivity contribution in [2.75, 3.05) is 0 Å². The summed E-state index contributed by atoms with van der Waals surface area (Å²) in [5, 5.41) is 9.76. The van der Waals surface area contributed by atoms with Gasteiger partial charge in [-0.1, -0.05) is 84.0 Å². The van der Waals surface area contributed by atoms with Crippen LogP contribution in [0, 0.1) is 35.0 Å². The van der Waals surface area contributed by atoms with E-state index in [9.17, 15) is 19.6 Å². The molecule has 0 aliphatic carbocycles. The summed E-state index contributed by atoms with van der Waals surface area (Å²) in [5.74, 6) is 1.73. The molecule has 0 saturated carbocycles. The van der Waals surface area contributed by atoms with Gasteiger partial charge in [-0.25, -0.2) is 11.3 Å². The fourth-order valence-corrected chi connectivity index (χ4v) is 4.93. The Morgan fingerprint density at radius 1 is 0.944 bits per heavy atom. The van der Waals surface area contributed by atoms with Crippen LogP contribution in [0.25, 0.3) is 6.08 Å². The summed E-state index contributed by atoms with van der Waals surface area (Å²) in [6.07, 6.45) is 4.45. The first-order valence-corrected chi connectivity index (χ1v) is 12.4. The molecular formula is C27H45ClN4O4. The zero-order chi connectivity index (χ0) is 26.8. The van der Waals surface area contributed by atoms with Gasteiger partial charge in [-0.05, 0) is 42.6 Å². The van der Waals surface area contributed by atoms with Crippen molar-refractivity contribution in [2.45, 2.75) is 66.8 Å². The third-order valence-electron chi connectivity index (χ3n) is 6.19. The van der Waals surface area contributed by atoms with Crippen molar-refractivity contribution in [2.24, 2.45) is 46.6 Å². The maximum atomic E-state index is 14.2. The van der Waals surface area contributed by atoms with E-state index in [2.05, 4.69) is 5.43 Å². The molecule has 0 radical (unpaired) electrons. The number of hydrazine groups is 1. The number of nitrogens with one attached hydrogen (secondary N) is 2. The number of nitrogens with two attached hydrogens (primary N) is 2. The lowest BCUT2D eigenvalue weighted by molar-refractivity contribution is -0.151. The molecule has 4 atom stereocenters. The number of hydroxylamine groups is 1. The van der Waals surface area contributed by atoms with E-state index in [1.165, 1.54) is 0 Å². The number of carbonyl (C=O) groups excluding carboxylic acids is 3. The molecule has 8 nitrogen and oxygen atoms in total. The van der Waals surface area contributed by atoms with Gasteiger partial charge in [-0.2, -0.15) is 0 Å². The van der Waals surface area contributed by atoms with Crippen molar-refractivity contribution >= 4 is 36.1 Å². The van der Waals surface area contributed by atoms with Gasteiger partial charge in [0.1, 0.15) is 0 Å². The Balaban J connectivity index is 0.0000122. The minimum absolute atomic E-state index is 0. The highest BCUT2D eigenvalue weighted by atomic mass is 35.5. The molecule has 0 bridgehead atoms. The molecule has 2 amide bonds. The van der Waals surface area contributed by atoms with Gasteiger partial charge in [0.25, 0.3) is 0 Å². The Labute approximate surface area is 222 Å². The van der Waals surface area contributed by atoms with E-state index in [0.717, 1.165) is 5.56 Å². The van der Waals surface area contributed by atoms with Crippen LogP contribution >= 0.6 is 12.4 Å². The Bertz CT molecular complexity index is 861. The minimum Gasteiger partial charge on any atom is -0.321 e. The molecule has 204 valence electrons. The number of hydrogen-bond acceptors (Lipinski definition) is 6. The van der Waals surface area contributed by atoms with E-state index in [1.54, 1.807) is 17.6 Å². The van der Waals surface area contributed by atoms with Crippen LogP contribution < -0.4 is 22.5 Å². The second-order valence-electron chi connectivity index (χ2n) is 10.7. The molecule has 1 unspecified atom stereocenters. The Hall–Kier alpha value is -2.26. The average molecular weight is 525 g/mol. The lowest BCUT2D eigenvalue weighted by Crippen LogP contribution is -2.57. The summed E-state index contributed by atoms with van der Waals surface area (Å²) in [6, 6.07) is 8.54. The normalized spacial score (nSPS) is 15.8. The van der Waals surface area contributed by atoms with Gasteiger partial charge in [0.15, 0.2) is 5.78 Å². The third kappa shape index (κ3) is 9.32. The summed E-state index contributed by atoms with van der Waals surface area (Å²) >= 11 is 0. The number of rotatable bonds is 14. The van der Waals surface area contributed by atoms with Crippen LogP contribution in [0.4, 0.5) is 0 Å². The molecule has 9 heteroatoms. The fourth-order valence-electron chi connectivity index (χ4n) is 4.93. The molecular weight excluding hydrogens is 480 g/mol. The van der Waals surface area contributed by atoms with Gasteiger partial charge in [0.2, 0.25) is 11.8 Å². The highest BCUT2D eigenvalue weighted by Gasteiger charge is 2.53. The van der Waals surface area contributed by atoms with Crippen molar-refractivity contribution in [3.63, 3.8) is 0 Å². The molecule has 0 spiro atoms. The third-order valence-corrected chi connectivity index (χ3v) is 6.19. The summed E-state index contributed by atoms with van der Waals surface area (Å²) in [6.45, 7) is 11.7. The topological polar surface area (TPSA) is 148 Å². The van der Waals surface area contributed by atoms with Crippen molar-refractivity contribution < 1.29 is 19.6 Å². The molecule has 0 aromatic heterocycles. The first-order chi connectivity index (χ1) is 16.4. The summed E-state index contributed by atoms with van der Waals surface area (Å²) in [4.78, 5) is 40.6. The molecule has 7 N–H and O–H groups in total. The number of amides is 2. The van der Waals surface area contributed by atoms with E-state index in [0.29, 0.717) is 6.42 Å². The van der Waals surface area contributed by atoms with Gasteiger partial charge in [0, 0.05) is 0 Å². The number of benzene rings is 1. The van der Waals surface area contributed by atoms with Crippen LogP contribution in [0.2, 0.25) is 0 Å². The molecule has 1 rings (SSSR count). The monoisotopic (exact) mass is 524 g/mol. The molecule has 1 aromatic carbocycles. The lowest BCUT2D eigenvalue weighted by atomic mass is 9.59. The summed E-state index contributed by atoms with van der Waals surface area (Å²) in [5.41, 5.74) is 9.69. The van der Waals surface area contributed by atoms with Crippen molar-refractivity contribution in [1.82, 2.24) is 10.9 Å². The molecule has 1 aromatic rings. The van der Waals surface area contributed by atoms with Gasteiger partial charge >= 0.3 is 0 Å². The van der Waals surface area contributed by atoms with Crippen LogP contribution in [-0.2, 0) is 14.4 Å². The number of allylic oxidation sites excluding steroid dienone is 1. The van der Waals surface area contributed by atoms with Crippen LogP contribution in [0.3, 0.4) is 0 Å². The van der Waals surface area contributed by atoms with E-state index >= 15 is 0 Å². The molecule has 36 heavy (non-hydrogen) atoms. The zero-order valence-corrected chi connectivity index (χ0v) is 23.2. The van der Waals surface area contributed by atoms with Crippen molar-refractivity contribution in [3.05, 3.63) is 42.0 Å². The van der Waals surface area contributed by atoms with Gasteiger partial charge in [-0.15, -0.1) is 12.4 Å². The van der Waals surface area contributed by atoms with Crippen molar-refractivity contribution in [3.8, 4) is 0 Å². The predicted molar refractivity (Wildman–Crippen MR) is 146 cm³/mol. The first-order valence-electron chi connectivity index (χ1n) is 12.4. The number of halogens is 1. The number of hydrogen-bond donors (Lipinski definition) is 5. The van der Waals surface area contributed by atoms with Gasteiger partial charge in [-0.3, -0.25) is 25.0 Å². The van der Waals surface area contributed by atoms with Crippen LogP contribution in [0.1, 0.15) is 66.4 Å². The number of carbonyl (C=O) groups is 3. The van der Waals surface area contributed by atoms with E-state index < -0.39 is 35.1 Å². The quantitative estimate of drug-likeness (QED) is 0.108. The van der Waals surface area contributed by atoms with Gasteiger partial charge in [0.05, 0.1) is 23.3 Å². The average Bonchev–Trinajstić information content (AvgIpc) is 2.80. The van der Waals surface area contributed by atoms with E-state index in [1.807, 2.05) is 71.9 Å². The highest BCUT2D eigenvalue weighted by molar-refractivity contribution is 5.99. The highest BCUT2D eigenvalue weighted by Crippen LogP contribution is 2.45. The summed E-state index contributed by atoms with van der Waals surface area (Å²) < 4.78 is 0. The maximum Gasteiger partial charge on any atom is 0.248 e. The van der Waals surface area contributed by atoms with Crippen LogP contribution in [-0.4, -0.2) is 28.8 Å². The first kappa shape index (κ1) is 33.7. The Kier molecular flexibility index (Phi) is 14.8. The van der Waals surface area contributed by atoms with E-state index in [4.69, 9.17) is 11.6 Å². The van der Waals surface area contributed by atoms with Crippen LogP contribution in [0.15, 0.2) is 36.4 Å². The second kappa shape index (κ2) is 15.8. The SMILES string of the molecule is CC(C)C[C@H](N)C(=O)C(/C=C/c1ccccc1)(CC(C)C)[C@@H](C(=O)NO)[C@@H](CC(C)C)C(=O)NN.Cl. The Morgan fingerprint density at radius 3 is 1.94 bits per heavy atom. The molecule has 0 saturated heterocycles. The Morgan fingerprint density at radius 2 is 1.50 bits per heavy atom. The number of ketones is 1. The maximum absolute atomic E-state index is 14.2. The molecule has 0 aliphatic rings. The molecule has 0 aliphatic heterocycles.